The van der Waals surface area contributed by atoms with Crippen molar-refractivity contribution in [3.8, 4) is 0 Å². The lowest BCUT2D eigenvalue weighted by Gasteiger charge is -2.27. The number of imidazole rings is 1. The average molecular weight is 477 g/mol. The van der Waals surface area contributed by atoms with E-state index in [1.807, 2.05) is 0 Å². The van der Waals surface area contributed by atoms with Gasteiger partial charge in [-0.05, 0) is 42.8 Å². The second-order valence-corrected chi connectivity index (χ2v) is 8.21. The molecule has 2 N–H and O–H groups in total. The number of aromatic amines is 1. The van der Waals surface area contributed by atoms with Crippen LogP contribution in [-0.4, -0.2) is 55.3 Å². The van der Waals surface area contributed by atoms with Gasteiger partial charge in [0.1, 0.15) is 12.4 Å². The summed E-state index contributed by atoms with van der Waals surface area (Å²) in [6, 6.07) is 10.4. The van der Waals surface area contributed by atoms with Crippen molar-refractivity contribution in [2.75, 3.05) is 43.7 Å². The van der Waals surface area contributed by atoms with E-state index >= 15 is 0 Å². The first-order valence-electron chi connectivity index (χ1n) is 10.1. The van der Waals surface area contributed by atoms with Gasteiger partial charge < -0.3 is 24.7 Å². The Hall–Kier alpha value is -2.65. The Balaban J connectivity index is 1.55. The number of amides is 2. The van der Waals surface area contributed by atoms with Gasteiger partial charge in [0.15, 0.2) is 0 Å². The van der Waals surface area contributed by atoms with E-state index in [9.17, 15) is 9.59 Å². The molecule has 2 heterocycles. The number of hydrogen-bond acceptors (Lipinski definition) is 5. The number of anilines is 2. The van der Waals surface area contributed by atoms with Crippen molar-refractivity contribution >= 4 is 57.4 Å². The van der Waals surface area contributed by atoms with Gasteiger partial charge in [0.05, 0.1) is 34.3 Å². The van der Waals surface area contributed by atoms with Gasteiger partial charge in [0.2, 0.25) is 5.91 Å². The van der Waals surface area contributed by atoms with Crippen LogP contribution >= 0.6 is 23.2 Å². The molecule has 2 amide bonds. The number of halogens is 2. The molecule has 8 nitrogen and oxygen atoms in total. The van der Waals surface area contributed by atoms with E-state index < -0.39 is 5.92 Å². The minimum atomic E-state index is -0.569. The zero-order valence-corrected chi connectivity index (χ0v) is 18.9. The number of carbonyl (C=O) groups is 2. The molecule has 1 aliphatic rings. The minimum Gasteiger partial charge on any atom is -0.385 e. The lowest BCUT2D eigenvalue weighted by Crippen LogP contribution is -2.41. The standard InChI is InChI=1S/C22H22Cl2N4O4/c1-31-8-6-15(21-26-17-4-2-13(23)10-18(17)27-21)22(30)25-14-3-5-19(16(24)11-14)28-7-9-32-12-20(28)29/h2-5,10-11,15H,6-9,12H2,1H3,(H,25,30)(H,26,27). The summed E-state index contributed by atoms with van der Waals surface area (Å²) in [5.41, 5.74) is 2.58. The van der Waals surface area contributed by atoms with Crippen LogP contribution in [0.15, 0.2) is 36.4 Å². The smallest absolute Gasteiger partial charge is 0.253 e. The van der Waals surface area contributed by atoms with Gasteiger partial charge >= 0.3 is 0 Å². The molecular formula is C22H22Cl2N4O4. The number of rotatable bonds is 7. The van der Waals surface area contributed by atoms with Crippen LogP contribution < -0.4 is 10.2 Å². The van der Waals surface area contributed by atoms with E-state index in [1.54, 1.807) is 48.4 Å². The number of ether oxygens (including phenoxy) is 2. The molecule has 3 aromatic rings. The van der Waals surface area contributed by atoms with Gasteiger partial charge in [-0.15, -0.1) is 0 Å². The van der Waals surface area contributed by atoms with Crippen LogP contribution in [0.3, 0.4) is 0 Å². The van der Waals surface area contributed by atoms with Gasteiger partial charge in [-0.2, -0.15) is 0 Å². The van der Waals surface area contributed by atoms with Crippen LogP contribution in [0.2, 0.25) is 10.0 Å². The molecule has 168 valence electrons. The molecule has 0 aliphatic carbocycles. The fourth-order valence-electron chi connectivity index (χ4n) is 3.60. The number of benzene rings is 2. The number of aromatic nitrogens is 2. The fraction of sp³-hybridized carbons (Fsp3) is 0.318. The predicted molar refractivity (Wildman–Crippen MR) is 124 cm³/mol. The van der Waals surface area contributed by atoms with Gasteiger partial charge in [-0.1, -0.05) is 23.2 Å². The van der Waals surface area contributed by atoms with Crippen LogP contribution in [0, 0.1) is 0 Å². The first-order valence-corrected chi connectivity index (χ1v) is 10.8. The normalized spacial score (nSPS) is 15.2. The van der Waals surface area contributed by atoms with Crippen molar-refractivity contribution in [2.45, 2.75) is 12.3 Å². The van der Waals surface area contributed by atoms with Crippen molar-refractivity contribution in [1.82, 2.24) is 9.97 Å². The van der Waals surface area contributed by atoms with Crippen LogP contribution in [0.4, 0.5) is 11.4 Å². The molecule has 1 aliphatic heterocycles. The third-order valence-electron chi connectivity index (χ3n) is 5.21. The number of nitrogens with one attached hydrogen (secondary N) is 2. The highest BCUT2D eigenvalue weighted by molar-refractivity contribution is 6.34. The third kappa shape index (κ3) is 4.88. The van der Waals surface area contributed by atoms with Gasteiger partial charge in [0.25, 0.3) is 5.91 Å². The zero-order chi connectivity index (χ0) is 22.7. The lowest BCUT2D eigenvalue weighted by molar-refractivity contribution is -0.125. The Morgan fingerprint density at radius 1 is 1.31 bits per heavy atom. The van der Waals surface area contributed by atoms with E-state index in [0.717, 1.165) is 11.0 Å². The quantitative estimate of drug-likeness (QED) is 0.537. The number of hydrogen-bond donors (Lipinski definition) is 2. The average Bonchev–Trinajstić information content (AvgIpc) is 3.17. The summed E-state index contributed by atoms with van der Waals surface area (Å²) in [5, 5.41) is 3.84. The molecule has 0 radical (unpaired) electrons. The molecule has 2 aromatic carbocycles. The van der Waals surface area contributed by atoms with E-state index in [2.05, 4.69) is 15.3 Å². The van der Waals surface area contributed by atoms with Crippen molar-refractivity contribution in [1.29, 1.82) is 0 Å². The Labute approximate surface area is 194 Å². The number of methoxy groups -OCH3 is 1. The summed E-state index contributed by atoms with van der Waals surface area (Å²) in [4.78, 5) is 34.6. The number of nitrogens with zero attached hydrogens (tertiary/aromatic N) is 2. The van der Waals surface area contributed by atoms with E-state index in [0.29, 0.717) is 53.4 Å². The first-order chi connectivity index (χ1) is 15.5. The van der Waals surface area contributed by atoms with Gasteiger partial charge in [-0.25, -0.2) is 4.98 Å². The Morgan fingerprint density at radius 2 is 2.16 bits per heavy atom. The number of H-pyrrole nitrogens is 1. The second-order valence-electron chi connectivity index (χ2n) is 7.37. The molecule has 0 saturated carbocycles. The molecule has 1 atom stereocenters. The largest absolute Gasteiger partial charge is 0.385 e. The van der Waals surface area contributed by atoms with Crippen LogP contribution in [0.25, 0.3) is 11.0 Å². The topological polar surface area (TPSA) is 96.6 Å². The number of carbonyl (C=O) groups excluding carboxylic acids is 2. The van der Waals surface area contributed by atoms with Crippen molar-refractivity contribution < 1.29 is 19.1 Å². The minimum absolute atomic E-state index is 0.0265. The van der Waals surface area contributed by atoms with Crippen LogP contribution in [-0.2, 0) is 19.1 Å². The number of fused-ring (bicyclic) bond motifs is 1. The SMILES string of the molecule is COCCC(C(=O)Nc1ccc(N2CCOCC2=O)c(Cl)c1)c1nc2ccc(Cl)cc2[nH]1. The molecule has 1 unspecified atom stereocenters. The molecular weight excluding hydrogens is 455 g/mol. The van der Waals surface area contributed by atoms with Crippen molar-refractivity contribution in [3.63, 3.8) is 0 Å². The van der Waals surface area contributed by atoms with Crippen LogP contribution in [0.1, 0.15) is 18.2 Å². The summed E-state index contributed by atoms with van der Waals surface area (Å²) in [6.07, 6.45) is 0.435. The highest BCUT2D eigenvalue weighted by Crippen LogP contribution is 2.31. The molecule has 0 bridgehead atoms. The Bertz CT molecular complexity index is 1150. The first kappa shape index (κ1) is 22.5. The molecule has 1 saturated heterocycles. The Morgan fingerprint density at radius 3 is 2.91 bits per heavy atom. The molecule has 0 spiro atoms. The zero-order valence-electron chi connectivity index (χ0n) is 17.4. The highest BCUT2D eigenvalue weighted by atomic mass is 35.5. The summed E-state index contributed by atoms with van der Waals surface area (Å²) in [7, 11) is 1.58. The predicted octanol–water partition coefficient (Wildman–Crippen LogP) is 3.99. The van der Waals surface area contributed by atoms with Gasteiger partial charge in [0, 0.05) is 31.0 Å². The summed E-state index contributed by atoms with van der Waals surface area (Å²) in [5.74, 6) is -0.447. The number of morpholine rings is 1. The molecule has 1 aromatic heterocycles. The molecule has 10 heteroatoms. The second kappa shape index (κ2) is 9.87. The lowest BCUT2D eigenvalue weighted by atomic mass is 10.0. The van der Waals surface area contributed by atoms with Crippen LogP contribution in [0.5, 0.6) is 0 Å². The molecule has 4 rings (SSSR count). The highest BCUT2D eigenvalue weighted by Gasteiger charge is 2.26. The van der Waals surface area contributed by atoms with Crippen molar-refractivity contribution in [2.24, 2.45) is 0 Å². The summed E-state index contributed by atoms with van der Waals surface area (Å²) >= 11 is 12.5. The maximum atomic E-state index is 13.1. The monoisotopic (exact) mass is 476 g/mol. The van der Waals surface area contributed by atoms with Gasteiger partial charge in [-0.3, -0.25) is 9.59 Å². The summed E-state index contributed by atoms with van der Waals surface area (Å²) < 4.78 is 10.3. The third-order valence-corrected chi connectivity index (χ3v) is 5.75. The Kier molecular flexibility index (Phi) is 6.95. The maximum absolute atomic E-state index is 13.1. The summed E-state index contributed by atoms with van der Waals surface area (Å²) in [6.45, 7) is 1.29. The molecule has 32 heavy (non-hydrogen) atoms. The molecule has 1 fully saturated rings. The maximum Gasteiger partial charge on any atom is 0.253 e. The van der Waals surface area contributed by atoms with E-state index in [-0.39, 0.29) is 18.4 Å². The fourth-order valence-corrected chi connectivity index (χ4v) is 4.05. The van der Waals surface area contributed by atoms with Crippen molar-refractivity contribution in [3.05, 3.63) is 52.3 Å². The van der Waals surface area contributed by atoms with E-state index in [4.69, 9.17) is 32.7 Å². The van der Waals surface area contributed by atoms with E-state index in [1.165, 1.54) is 0 Å².